The monoisotopic (exact) mass is 532 g/mol. The molecule has 0 saturated carbocycles. The van der Waals surface area contributed by atoms with Gasteiger partial charge >= 0.3 is 0 Å². The summed E-state index contributed by atoms with van der Waals surface area (Å²) in [4.78, 5) is 18.9. The molecule has 2 rings (SSSR count). The summed E-state index contributed by atoms with van der Waals surface area (Å²) in [6.45, 7) is 11.3. The summed E-state index contributed by atoms with van der Waals surface area (Å²) in [5.41, 5.74) is 1.93. The highest BCUT2D eigenvalue weighted by Gasteiger charge is 2.24. The minimum absolute atomic E-state index is 0. The number of halogens is 1. The Kier molecular flexibility index (Phi) is 13.0. The fourth-order valence-corrected chi connectivity index (χ4v) is 3.13. The van der Waals surface area contributed by atoms with Crippen LogP contribution in [0.1, 0.15) is 32.8 Å². The Hall–Kier alpha value is -1.39. The van der Waals surface area contributed by atoms with E-state index in [1.807, 2.05) is 38.1 Å². The van der Waals surface area contributed by atoms with Crippen LogP contribution in [0.5, 0.6) is 0 Å². The minimum Gasteiger partial charge on any atom is -0.382 e. The Balaban J connectivity index is 0.00000450. The first-order chi connectivity index (χ1) is 14.0. The van der Waals surface area contributed by atoms with Crippen molar-refractivity contribution in [3.8, 4) is 0 Å². The van der Waals surface area contributed by atoms with Crippen LogP contribution in [0.4, 0.5) is 5.69 Å². The molecule has 0 aromatic heterocycles. The third kappa shape index (κ3) is 9.18. The quantitative estimate of drug-likeness (QED) is 0.209. The number of anilines is 1. The zero-order valence-corrected chi connectivity index (χ0v) is 21.0. The summed E-state index contributed by atoms with van der Waals surface area (Å²) in [7, 11) is 1.69. The summed E-state index contributed by atoms with van der Waals surface area (Å²) in [6, 6.07) is 7.89. The lowest BCUT2D eigenvalue weighted by Crippen LogP contribution is -2.40. The topological polar surface area (TPSA) is 75.2 Å². The molecule has 7 nitrogen and oxygen atoms in total. The third-order valence-corrected chi connectivity index (χ3v) is 4.86. The number of likely N-dealkylation sites (tertiary alicyclic amines) is 1. The van der Waals surface area contributed by atoms with Gasteiger partial charge in [0, 0.05) is 44.3 Å². The Bertz CT molecular complexity index is 652. The van der Waals surface area contributed by atoms with Gasteiger partial charge < -0.3 is 25.0 Å². The maximum atomic E-state index is 11.8. The molecule has 1 atom stereocenters. The summed E-state index contributed by atoms with van der Waals surface area (Å²) >= 11 is 0. The molecule has 1 aromatic rings. The van der Waals surface area contributed by atoms with E-state index in [0.29, 0.717) is 25.7 Å². The van der Waals surface area contributed by atoms with E-state index in [-0.39, 0.29) is 35.8 Å². The van der Waals surface area contributed by atoms with Crippen LogP contribution in [-0.2, 0) is 20.8 Å². The summed E-state index contributed by atoms with van der Waals surface area (Å²) < 4.78 is 10.7. The van der Waals surface area contributed by atoms with Gasteiger partial charge in [0.15, 0.2) is 5.96 Å². The Morgan fingerprint density at radius 1 is 1.27 bits per heavy atom. The molecule has 170 valence electrons. The number of guanidine groups is 1. The van der Waals surface area contributed by atoms with E-state index in [0.717, 1.165) is 49.9 Å². The Morgan fingerprint density at radius 3 is 2.63 bits per heavy atom. The molecular formula is C22H37IN4O3. The van der Waals surface area contributed by atoms with E-state index >= 15 is 0 Å². The third-order valence-electron chi connectivity index (χ3n) is 4.86. The lowest BCUT2D eigenvalue weighted by atomic mass is 10.1. The predicted molar refractivity (Wildman–Crippen MR) is 133 cm³/mol. The molecule has 1 amide bonds. The predicted octanol–water partition coefficient (Wildman–Crippen LogP) is 3.35. The smallest absolute Gasteiger partial charge is 0.226 e. The molecule has 2 N–H and O–H groups in total. The fourth-order valence-electron chi connectivity index (χ4n) is 3.13. The molecule has 30 heavy (non-hydrogen) atoms. The molecule has 1 fully saturated rings. The van der Waals surface area contributed by atoms with Crippen LogP contribution in [0.2, 0.25) is 0 Å². The number of nitrogens with one attached hydrogen (secondary N) is 2. The molecule has 1 unspecified atom stereocenters. The summed E-state index contributed by atoms with van der Waals surface area (Å²) in [5, 5.41) is 6.31. The lowest BCUT2D eigenvalue weighted by molar-refractivity contribution is -0.118. The highest BCUT2D eigenvalue weighted by Crippen LogP contribution is 2.17. The number of rotatable bonds is 10. The highest BCUT2D eigenvalue weighted by molar-refractivity contribution is 14.0. The van der Waals surface area contributed by atoms with Crippen molar-refractivity contribution < 1.29 is 14.3 Å². The standard InChI is InChI=1S/C22H36N4O3.HI/c1-5-23-22(26-11-10-19(15-26)16-29-13-12-28-4)24-14-18-6-8-20(9-7-18)25-21(27)17(2)3;/h6-9,17,19H,5,10-16H2,1-4H3,(H,23,24)(H,25,27);1H. The fraction of sp³-hybridized carbons (Fsp3) is 0.636. The lowest BCUT2D eigenvalue weighted by Gasteiger charge is -2.21. The second-order valence-electron chi connectivity index (χ2n) is 7.68. The van der Waals surface area contributed by atoms with Crippen molar-refractivity contribution in [2.24, 2.45) is 16.8 Å². The van der Waals surface area contributed by atoms with E-state index in [1.54, 1.807) is 7.11 Å². The number of carbonyl (C=O) groups excluding carboxylic acids is 1. The van der Waals surface area contributed by atoms with Gasteiger partial charge in [0.05, 0.1) is 26.4 Å². The van der Waals surface area contributed by atoms with E-state index in [1.165, 1.54) is 0 Å². The van der Waals surface area contributed by atoms with E-state index in [9.17, 15) is 4.79 Å². The number of amides is 1. The van der Waals surface area contributed by atoms with Gasteiger partial charge in [-0.2, -0.15) is 0 Å². The molecule has 1 heterocycles. The average molecular weight is 532 g/mol. The minimum atomic E-state index is -0.0309. The highest BCUT2D eigenvalue weighted by atomic mass is 127. The van der Waals surface area contributed by atoms with Crippen molar-refractivity contribution in [3.05, 3.63) is 29.8 Å². The molecule has 1 aliphatic rings. The summed E-state index contributed by atoms with van der Waals surface area (Å²) in [5.74, 6) is 1.47. The first-order valence-electron chi connectivity index (χ1n) is 10.5. The van der Waals surface area contributed by atoms with Crippen molar-refractivity contribution >= 4 is 41.5 Å². The number of ether oxygens (including phenoxy) is 2. The number of aliphatic imine (C=N–C) groups is 1. The van der Waals surface area contributed by atoms with Crippen LogP contribution in [0.3, 0.4) is 0 Å². The molecule has 0 aliphatic carbocycles. The Labute approximate surface area is 198 Å². The van der Waals surface area contributed by atoms with Gasteiger partial charge in [-0.05, 0) is 31.0 Å². The zero-order chi connectivity index (χ0) is 21.1. The molecule has 1 saturated heterocycles. The van der Waals surface area contributed by atoms with E-state index in [2.05, 4.69) is 22.5 Å². The van der Waals surface area contributed by atoms with Gasteiger partial charge in [-0.3, -0.25) is 4.79 Å². The van der Waals surface area contributed by atoms with Gasteiger partial charge in [0.2, 0.25) is 5.91 Å². The number of methoxy groups -OCH3 is 1. The van der Waals surface area contributed by atoms with Crippen LogP contribution in [0, 0.1) is 11.8 Å². The first-order valence-corrected chi connectivity index (χ1v) is 10.5. The molecule has 0 bridgehead atoms. The van der Waals surface area contributed by atoms with Gasteiger partial charge in [0.25, 0.3) is 0 Å². The number of hydrogen-bond donors (Lipinski definition) is 2. The van der Waals surface area contributed by atoms with Crippen LogP contribution in [0.25, 0.3) is 0 Å². The number of benzene rings is 1. The maximum Gasteiger partial charge on any atom is 0.226 e. The largest absolute Gasteiger partial charge is 0.382 e. The molecule has 8 heteroatoms. The van der Waals surface area contributed by atoms with Crippen LogP contribution in [-0.4, -0.2) is 63.3 Å². The van der Waals surface area contributed by atoms with Crippen molar-refractivity contribution in [2.75, 3.05) is 51.9 Å². The normalized spacial score (nSPS) is 16.5. The Morgan fingerprint density at radius 2 is 2.00 bits per heavy atom. The molecule has 0 radical (unpaired) electrons. The SMILES string of the molecule is CCNC(=NCc1ccc(NC(=O)C(C)C)cc1)N1CCC(COCCOC)C1.I. The number of nitrogens with zero attached hydrogens (tertiary/aromatic N) is 2. The van der Waals surface area contributed by atoms with Gasteiger partial charge in [0.1, 0.15) is 0 Å². The van der Waals surface area contributed by atoms with Crippen LogP contribution in [0.15, 0.2) is 29.3 Å². The second-order valence-corrected chi connectivity index (χ2v) is 7.68. The van der Waals surface area contributed by atoms with E-state index < -0.39 is 0 Å². The average Bonchev–Trinajstić information content (AvgIpc) is 3.18. The van der Waals surface area contributed by atoms with Crippen LogP contribution < -0.4 is 10.6 Å². The molecule has 1 aromatic carbocycles. The van der Waals surface area contributed by atoms with Crippen LogP contribution >= 0.6 is 24.0 Å². The number of hydrogen-bond acceptors (Lipinski definition) is 4. The molecule has 1 aliphatic heterocycles. The van der Waals surface area contributed by atoms with Gasteiger partial charge in [-0.15, -0.1) is 24.0 Å². The van der Waals surface area contributed by atoms with Gasteiger partial charge in [-0.25, -0.2) is 4.99 Å². The molecular weight excluding hydrogens is 495 g/mol. The maximum absolute atomic E-state index is 11.8. The van der Waals surface area contributed by atoms with Crippen molar-refractivity contribution in [1.29, 1.82) is 0 Å². The second kappa shape index (κ2) is 14.6. The zero-order valence-electron chi connectivity index (χ0n) is 18.6. The van der Waals surface area contributed by atoms with Gasteiger partial charge in [-0.1, -0.05) is 26.0 Å². The van der Waals surface area contributed by atoms with Crippen molar-refractivity contribution in [2.45, 2.75) is 33.7 Å². The summed E-state index contributed by atoms with van der Waals surface area (Å²) in [6.07, 6.45) is 1.11. The first kappa shape index (κ1) is 26.6. The van der Waals surface area contributed by atoms with Crippen molar-refractivity contribution in [3.63, 3.8) is 0 Å². The molecule has 0 spiro atoms. The van der Waals surface area contributed by atoms with E-state index in [4.69, 9.17) is 14.5 Å². The van der Waals surface area contributed by atoms with Crippen molar-refractivity contribution in [1.82, 2.24) is 10.2 Å². The number of carbonyl (C=O) groups is 1.